The van der Waals surface area contributed by atoms with Gasteiger partial charge in [-0.1, -0.05) is 72.8 Å². The third kappa shape index (κ3) is 3.67. The fourth-order valence-corrected chi connectivity index (χ4v) is 2.65. The first-order valence-corrected chi connectivity index (χ1v) is 7.75. The van der Waals surface area contributed by atoms with E-state index in [9.17, 15) is 4.79 Å². The number of fused-ring (bicyclic) bond motifs is 1. The van der Waals surface area contributed by atoms with Crippen LogP contribution in [0.3, 0.4) is 0 Å². The van der Waals surface area contributed by atoms with Crippen LogP contribution in [0.25, 0.3) is 16.8 Å². The Labute approximate surface area is 136 Å². The molecule has 0 spiro atoms. The van der Waals surface area contributed by atoms with E-state index in [4.69, 9.17) is 0 Å². The van der Waals surface area contributed by atoms with Crippen molar-refractivity contribution >= 4 is 22.8 Å². The first-order chi connectivity index (χ1) is 11.2. The number of carbonyl (C=O) groups is 1. The molecule has 0 aromatic heterocycles. The van der Waals surface area contributed by atoms with Crippen molar-refractivity contribution in [1.29, 1.82) is 0 Å². The summed E-state index contributed by atoms with van der Waals surface area (Å²) in [6.45, 7) is 1.99. The maximum atomic E-state index is 12.1. The average molecular weight is 301 g/mol. The van der Waals surface area contributed by atoms with Gasteiger partial charge in [-0.15, -0.1) is 0 Å². The van der Waals surface area contributed by atoms with Crippen molar-refractivity contribution in [2.45, 2.75) is 13.0 Å². The normalized spacial score (nSPS) is 12.4. The van der Waals surface area contributed by atoms with Gasteiger partial charge in [0.05, 0.1) is 6.04 Å². The quantitative estimate of drug-likeness (QED) is 0.693. The van der Waals surface area contributed by atoms with Crippen LogP contribution in [0.2, 0.25) is 0 Å². The SMILES string of the molecule is CC(NC(=O)/C=C/c1cccc2ccccc12)c1ccccc1. The molecule has 0 bridgehead atoms. The van der Waals surface area contributed by atoms with Gasteiger partial charge < -0.3 is 5.32 Å². The number of benzene rings is 3. The van der Waals surface area contributed by atoms with Crippen LogP contribution in [-0.2, 0) is 4.79 Å². The molecule has 0 saturated heterocycles. The summed E-state index contributed by atoms with van der Waals surface area (Å²) < 4.78 is 0. The number of amides is 1. The van der Waals surface area contributed by atoms with Gasteiger partial charge in [0.1, 0.15) is 0 Å². The van der Waals surface area contributed by atoms with Crippen molar-refractivity contribution in [3.63, 3.8) is 0 Å². The molecule has 0 saturated carbocycles. The predicted molar refractivity (Wildman–Crippen MR) is 96.0 cm³/mol. The summed E-state index contributed by atoms with van der Waals surface area (Å²) in [4.78, 5) is 12.1. The highest BCUT2D eigenvalue weighted by atomic mass is 16.1. The zero-order chi connectivity index (χ0) is 16.1. The monoisotopic (exact) mass is 301 g/mol. The Morgan fingerprint density at radius 3 is 2.43 bits per heavy atom. The average Bonchev–Trinajstić information content (AvgIpc) is 2.60. The van der Waals surface area contributed by atoms with Gasteiger partial charge in [-0.3, -0.25) is 4.79 Å². The summed E-state index contributed by atoms with van der Waals surface area (Å²) in [5.74, 6) is -0.0886. The Kier molecular flexibility index (Phi) is 4.53. The van der Waals surface area contributed by atoms with Gasteiger partial charge in [-0.05, 0) is 34.9 Å². The van der Waals surface area contributed by atoms with Gasteiger partial charge in [0.25, 0.3) is 0 Å². The lowest BCUT2D eigenvalue weighted by atomic mass is 10.0. The largest absolute Gasteiger partial charge is 0.346 e. The molecule has 114 valence electrons. The standard InChI is InChI=1S/C21H19NO/c1-16(17-8-3-2-4-9-17)22-21(23)15-14-19-12-7-11-18-10-5-6-13-20(18)19/h2-16H,1H3,(H,22,23)/b15-14+. The molecule has 3 aromatic carbocycles. The summed E-state index contributed by atoms with van der Waals surface area (Å²) in [6, 6.07) is 24.2. The highest BCUT2D eigenvalue weighted by Gasteiger charge is 2.06. The molecule has 0 fully saturated rings. The number of hydrogen-bond donors (Lipinski definition) is 1. The van der Waals surface area contributed by atoms with Crippen LogP contribution in [0.1, 0.15) is 24.1 Å². The summed E-state index contributed by atoms with van der Waals surface area (Å²) in [5, 5.41) is 5.31. The van der Waals surface area contributed by atoms with Gasteiger partial charge >= 0.3 is 0 Å². The second-order valence-corrected chi connectivity index (χ2v) is 5.54. The number of hydrogen-bond acceptors (Lipinski definition) is 1. The number of carbonyl (C=O) groups excluding carboxylic acids is 1. The van der Waals surface area contributed by atoms with Crippen molar-refractivity contribution in [2.24, 2.45) is 0 Å². The second kappa shape index (κ2) is 6.93. The molecule has 3 rings (SSSR count). The van der Waals surface area contributed by atoms with Gasteiger partial charge in [-0.25, -0.2) is 0 Å². The molecule has 23 heavy (non-hydrogen) atoms. The zero-order valence-corrected chi connectivity index (χ0v) is 13.1. The summed E-state index contributed by atoms with van der Waals surface area (Å²) >= 11 is 0. The summed E-state index contributed by atoms with van der Waals surface area (Å²) in [6.07, 6.45) is 3.47. The number of rotatable bonds is 4. The molecule has 2 nitrogen and oxygen atoms in total. The fraction of sp³-hybridized carbons (Fsp3) is 0.0952. The first-order valence-electron chi connectivity index (χ1n) is 7.75. The Balaban J connectivity index is 1.73. The molecule has 0 radical (unpaired) electrons. The van der Waals surface area contributed by atoms with Crippen LogP contribution < -0.4 is 5.32 Å². The highest BCUT2D eigenvalue weighted by molar-refractivity contribution is 5.96. The molecule has 3 aromatic rings. The lowest BCUT2D eigenvalue weighted by Gasteiger charge is -2.12. The van der Waals surface area contributed by atoms with Crippen LogP contribution in [0.4, 0.5) is 0 Å². The van der Waals surface area contributed by atoms with Crippen LogP contribution in [0, 0.1) is 0 Å². The van der Waals surface area contributed by atoms with Crippen LogP contribution in [-0.4, -0.2) is 5.91 Å². The Hall–Kier alpha value is -2.87. The molecule has 0 aliphatic heterocycles. The maximum absolute atomic E-state index is 12.1. The van der Waals surface area contributed by atoms with Crippen LogP contribution >= 0.6 is 0 Å². The minimum absolute atomic E-state index is 0.0131. The third-order valence-electron chi connectivity index (χ3n) is 3.90. The second-order valence-electron chi connectivity index (χ2n) is 5.54. The first kappa shape index (κ1) is 15.0. The van der Waals surface area contributed by atoms with Crippen LogP contribution in [0.15, 0.2) is 78.9 Å². The Morgan fingerprint density at radius 1 is 0.913 bits per heavy atom. The van der Waals surface area contributed by atoms with E-state index in [-0.39, 0.29) is 11.9 Å². The van der Waals surface area contributed by atoms with Crippen molar-refractivity contribution < 1.29 is 4.79 Å². The van der Waals surface area contributed by atoms with Gasteiger partial charge in [0, 0.05) is 6.08 Å². The molecule has 0 aliphatic rings. The van der Waals surface area contributed by atoms with E-state index in [0.29, 0.717) is 0 Å². The summed E-state index contributed by atoms with van der Waals surface area (Å²) in [7, 11) is 0. The minimum Gasteiger partial charge on any atom is -0.346 e. The van der Waals surface area contributed by atoms with E-state index in [2.05, 4.69) is 23.5 Å². The van der Waals surface area contributed by atoms with E-state index in [0.717, 1.165) is 16.5 Å². The third-order valence-corrected chi connectivity index (χ3v) is 3.90. The molecule has 1 amide bonds. The highest BCUT2D eigenvalue weighted by Crippen LogP contribution is 2.19. The van der Waals surface area contributed by atoms with E-state index in [1.807, 2.05) is 67.6 Å². The topological polar surface area (TPSA) is 29.1 Å². The molecule has 1 atom stereocenters. The van der Waals surface area contributed by atoms with Crippen molar-refractivity contribution in [3.8, 4) is 0 Å². The van der Waals surface area contributed by atoms with E-state index < -0.39 is 0 Å². The van der Waals surface area contributed by atoms with E-state index in [1.54, 1.807) is 6.08 Å². The maximum Gasteiger partial charge on any atom is 0.244 e. The van der Waals surface area contributed by atoms with Crippen LogP contribution in [0.5, 0.6) is 0 Å². The number of nitrogens with one attached hydrogen (secondary N) is 1. The molecule has 0 aliphatic carbocycles. The predicted octanol–water partition coefficient (Wildman–Crippen LogP) is 4.73. The molecule has 0 heterocycles. The smallest absolute Gasteiger partial charge is 0.244 e. The van der Waals surface area contributed by atoms with E-state index in [1.165, 1.54) is 5.39 Å². The minimum atomic E-state index is -0.0886. The summed E-state index contributed by atoms with van der Waals surface area (Å²) in [5.41, 5.74) is 2.14. The van der Waals surface area contributed by atoms with Gasteiger partial charge in [0.2, 0.25) is 5.91 Å². The molecule has 2 heteroatoms. The molecular weight excluding hydrogens is 282 g/mol. The molecule has 1 unspecified atom stereocenters. The zero-order valence-electron chi connectivity index (χ0n) is 13.1. The Bertz CT molecular complexity index is 831. The molecular formula is C21H19NO. The lowest BCUT2D eigenvalue weighted by molar-refractivity contribution is -0.117. The fourth-order valence-electron chi connectivity index (χ4n) is 2.65. The Morgan fingerprint density at radius 2 is 1.61 bits per heavy atom. The molecule has 1 N–H and O–H groups in total. The van der Waals surface area contributed by atoms with Crippen molar-refractivity contribution in [2.75, 3.05) is 0 Å². The lowest BCUT2D eigenvalue weighted by Crippen LogP contribution is -2.24. The van der Waals surface area contributed by atoms with E-state index >= 15 is 0 Å². The van der Waals surface area contributed by atoms with Crippen molar-refractivity contribution in [1.82, 2.24) is 5.32 Å². The van der Waals surface area contributed by atoms with Gasteiger partial charge in [0.15, 0.2) is 0 Å². The van der Waals surface area contributed by atoms with Crippen molar-refractivity contribution in [3.05, 3.63) is 90.0 Å². The van der Waals surface area contributed by atoms with Gasteiger partial charge in [-0.2, -0.15) is 0 Å².